The zero-order valence-corrected chi connectivity index (χ0v) is 10.9. The molecule has 1 nitrogen and oxygen atoms in total. The van der Waals surface area contributed by atoms with Crippen LogP contribution in [0.3, 0.4) is 0 Å². The Morgan fingerprint density at radius 3 is 2.93 bits per heavy atom. The largest absolute Gasteiger partial charge is 0.246 e. The number of hydrogen-bond acceptors (Lipinski definition) is 2. The van der Waals surface area contributed by atoms with Crippen LogP contribution >= 0.6 is 22.9 Å². The average Bonchev–Trinajstić information content (AvgIpc) is 2.65. The van der Waals surface area contributed by atoms with Crippen molar-refractivity contribution in [3.8, 4) is 0 Å². The van der Waals surface area contributed by atoms with E-state index in [0.717, 1.165) is 18.0 Å². The number of aromatic nitrogens is 1. The highest BCUT2D eigenvalue weighted by Crippen LogP contribution is 2.42. The Labute approximate surface area is 101 Å². The number of hydrogen-bond donors (Lipinski definition) is 0. The molecule has 1 saturated carbocycles. The van der Waals surface area contributed by atoms with Crippen molar-refractivity contribution in [2.75, 3.05) is 0 Å². The SMILES string of the molecule is CCC1CCC(Cl)CC1c1nc(C)cs1. The van der Waals surface area contributed by atoms with Gasteiger partial charge in [0, 0.05) is 22.4 Å². The van der Waals surface area contributed by atoms with Crippen LogP contribution in [0.25, 0.3) is 0 Å². The third-order valence-electron chi connectivity index (χ3n) is 3.41. The van der Waals surface area contributed by atoms with E-state index in [4.69, 9.17) is 11.6 Å². The lowest BCUT2D eigenvalue weighted by Gasteiger charge is -2.32. The molecule has 0 spiro atoms. The molecule has 1 aromatic rings. The first-order valence-corrected chi connectivity index (χ1v) is 7.08. The van der Waals surface area contributed by atoms with Crippen LogP contribution in [0.1, 0.15) is 49.2 Å². The molecule has 3 heteroatoms. The molecular formula is C12H18ClNS. The molecule has 0 radical (unpaired) electrons. The second-order valence-electron chi connectivity index (χ2n) is 4.51. The molecule has 0 N–H and O–H groups in total. The van der Waals surface area contributed by atoms with E-state index in [9.17, 15) is 0 Å². The van der Waals surface area contributed by atoms with Crippen LogP contribution in [0.2, 0.25) is 0 Å². The highest BCUT2D eigenvalue weighted by molar-refractivity contribution is 7.09. The standard InChI is InChI=1S/C12H18ClNS/c1-3-9-4-5-10(13)6-11(9)12-14-8(2)7-15-12/h7,9-11H,3-6H2,1-2H3. The summed E-state index contributed by atoms with van der Waals surface area (Å²) >= 11 is 8.07. The van der Waals surface area contributed by atoms with E-state index in [1.54, 1.807) is 0 Å². The van der Waals surface area contributed by atoms with Gasteiger partial charge in [0.25, 0.3) is 0 Å². The van der Waals surface area contributed by atoms with Gasteiger partial charge in [-0.2, -0.15) is 0 Å². The maximum Gasteiger partial charge on any atom is 0.0962 e. The summed E-state index contributed by atoms with van der Waals surface area (Å²) < 4.78 is 0. The Kier molecular flexibility index (Phi) is 3.68. The average molecular weight is 244 g/mol. The van der Waals surface area contributed by atoms with Gasteiger partial charge in [-0.1, -0.05) is 13.3 Å². The summed E-state index contributed by atoms with van der Waals surface area (Å²) in [5.41, 5.74) is 1.15. The number of halogens is 1. The predicted octanol–water partition coefficient (Wildman–Crippen LogP) is 4.35. The Morgan fingerprint density at radius 1 is 1.53 bits per heavy atom. The van der Waals surface area contributed by atoms with Crippen molar-refractivity contribution in [3.05, 3.63) is 16.1 Å². The van der Waals surface area contributed by atoms with Crippen LogP contribution in [0.5, 0.6) is 0 Å². The van der Waals surface area contributed by atoms with Gasteiger partial charge in [0.15, 0.2) is 0 Å². The molecule has 0 aliphatic heterocycles. The van der Waals surface area contributed by atoms with Crippen LogP contribution in [0.4, 0.5) is 0 Å². The van der Waals surface area contributed by atoms with Gasteiger partial charge in [0.05, 0.1) is 5.01 Å². The number of aryl methyl sites for hydroxylation is 1. The fourth-order valence-corrected chi connectivity index (χ4v) is 3.84. The summed E-state index contributed by atoms with van der Waals surface area (Å²) in [6.07, 6.45) is 4.83. The lowest BCUT2D eigenvalue weighted by molar-refractivity contribution is 0.302. The molecule has 1 aliphatic rings. The van der Waals surface area contributed by atoms with Crippen molar-refractivity contribution in [2.45, 2.75) is 50.8 Å². The summed E-state index contributed by atoms with van der Waals surface area (Å²) in [4.78, 5) is 4.63. The number of nitrogens with zero attached hydrogens (tertiary/aromatic N) is 1. The molecule has 15 heavy (non-hydrogen) atoms. The smallest absolute Gasteiger partial charge is 0.0962 e. The molecule has 1 heterocycles. The first-order chi connectivity index (χ1) is 7.20. The van der Waals surface area contributed by atoms with Crippen LogP contribution in [0, 0.1) is 12.8 Å². The van der Waals surface area contributed by atoms with Crippen molar-refractivity contribution in [3.63, 3.8) is 0 Å². The van der Waals surface area contributed by atoms with Crippen molar-refractivity contribution >= 4 is 22.9 Å². The van der Waals surface area contributed by atoms with E-state index in [2.05, 4.69) is 24.2 Å². The first-order valence-electron chi connectivity index (χ1n) is 5.76. The predicted molar refractivity (Wildman–Crippen MR) is 66.9 cm³/mol. The van der Waals surface area contributed by atoms with Crippen LogP contribution in [0.15, 0.2) is 5.38 Å². The Morgan fingerprint density at radius 2 is 2.33 bits per heavy atom. The molecule has 3 atom stereocenters. The summed E-state index contributed by atoms with van der Waals surface area (Å²) in [6, 6.07) is 0. The van der Waals surface area contributed by atoms with Gasteiger partial charge < -0.3 is 0 Å². The van der Waals surface area contributed by atoms with Crippen LogP contribution in [-0.2, 0) is 0 Å². The Bertz CT molecular complexity index is 323. The van der Waals surface area contributed by atoms with E-state index >= 15 is 0 Å². The summed E-state index contributed by atoms with van der Waals surface area (Å²) in [7, 11) is 0. The summed E-state index contributed by atoms with van der Waals surface area (Å²) in [5, 5.41) is 3.83. The number of rotatable bonds is 2. The zero-order chi connectivity index (χ0) is 10.8. The number of alkyl halides is 1. The molecule has 0 aromatic carbocycles. The molecule has 0 saturated heterocycles. The summed E-state index contributed by atoms with van der Waals surface area (Å²) in [6.45, 7) is 4.36. The molecule has 2 rings (SSSR count). The van der Waals surface area contributed by atoms with E-state index in [1.807, 2.05) is 11.3 Å². The van der Waals surface area contributed by atoms with Crippen molar-refractivity contribution in [1.82, 2.24) is 4.98 Å². The van der Waals surface area contributed by atoms with Crippen molar-refractivity contribution in [1.29, 1.82) is 0 Å². The van der Waals surface area contributed by atoms with E-state index in [0.29, 0.717) is 11.3 Å². The Hall–Kier alpha value is -0.0800. The van der Waals surface area contributed by atoms with Gasteiger partial charge in [-0.3, -0.25) is 0 Å². The second-order valence-corrected chi connectivity index (χ2v) is 6.02. The van der Waals surface area contributed by atoms with Gasteiger partial charge in [-0.15, -0.1) is 22.9 Å². The minimum absolute atomic E-state index is 0.363. The molecule has 1 aliphatic carbocycles. The second kappa shape index (κ2) is 4.84. The summed E-state index contributed by atoms with van der Waals surface area (Å²) in [5.74, 6) is 1.41. The zero-order valence-electron chi connectivity index (χ0n) is 9.37. The molecule has 84 valence electrons. The molecule has 1 fully saturated rings. The normalized spacial score (nSPS) is 31.8. The van der Waals surface area contributed by atoms with Crippen LogP contribution in [-0.4, -0.2) is 10.4 Å². The highest BCUT2D eigenvalue weighted by Gasteiger charge is 2.31. The molecule has 0 amide bonds. The van der Waals surface area contributed by atoms with Gasteiger partial charge in [0.1, 0.15) is 0 Å². The van der Waals surface area contributed by atoms with E-state index in [-0.39, 0.29) is 0 Å². The van der Waals surface area contributed by atoms with Gasteiger partial charge in [-0.05, 0) is 32.1 Å². The van der Waals surface area contributed by atoms with Gasteiger partial charge >= 0.3 is 0 Å². The fourth-order valence-electron chi connectivity index (χ4n) is 2.52. The van der Waals surface area contributed by atoms with Gasteiger partial charge in [0.2, 0.25) is 0 Å². The molecule has 3 unspecified atom stereocenters. The van der Waals surface area contributed by atoms with E-state index < -0.39 is 0 Å². The fraction of sp³-hybridized carbons (Fsp3) is 0.750. The molecule has 1 aromatic heterocycles. The number of thiazole rings is 1. The van der Waals surface area contributed by atoms with Crippen molar-refractivity contribution in [2.24, 2.45) is 5.92 Å². The van der Waals surface area contributed by atoms with Gasteiger partial charge in [-0.25, -0.2) is 4.98 Å². The topological polar surface area (TPSA) is 12.9 Å². The third kappa shape index (κ3) is 2.54. The minimum atomic E-state index is 0.363. The van der Waals surface area contributed by atoms with Crippen LogP contribution < -0.4 is 0 Å². The lowest BCUT2D eigenvalue weighted by atomic mass is 9.78. The maximum atomic E-state index is 6.27. The quantitative estimate of drug-likeness (QED) is 0.704. The molecule has 0 bridgehead atoms. The monoisotopic (exact) mass is 243 g/mol. The first kappa shape index (κ1) is 11.4. The Balaban J connectivity index is 2.16. The lowest BCUT2D eigenvalue weighted by Crippen LogP contribution is -2.23. The maximum absolute atomic E-state index is 6.27. The minimum Gasteiger partial charge on any atom is -0.246 e. The molecular weight excluding hydrogens is 226 g/mol. The third-order valence-corrected chi connectivity index (χ3v) is 4.90. The van der Waals surface area contributed by atoms with E-state index in [1.165, 1.54) is 24.3 Å². The highest BCUT2D eigenvalue weighted by atomic mass is 35.5. The van der Waals surface area contributed by atoms with Crippen molar-refractivity contribution < 1.29 is 0 Å².